The minimum absolute atomic E-state index is 0.00785. The number of aryl methyl sites for hydroxylation is 3. The molecule has 1 aromatic heterocycles. The highest BCUT2D eigenvalue weighted by Crippen LogP contribution is 2.30. The fourth-order valence-electron chi connectivity index (χ4n) is 2.92. The molecule has 0 spiro atoms. The second kappa shape index (κ2) is 5.30. The van der Waals surface area contributed by atoms with Crippen LogP contribution in [0.3, 0.4) is 0 Å². The zero-order valence-corrected chi connectivity index (χ0v) is 13.2. The monoisotopic (exact) mass is 304 g/mol. The van der Waals surface area contributed by atoms with Crippen molar-refractivity contribution < 1.29 is 8.42 Å². The highest BCUT2D eigenvalue weighted by atomic mass is 32.2. The Labute approximate surface area is 125 Å². The summed E-state index contributed by atoms with van der Waals surface area (Å²) >= 11 is 0. The Hall–Kier alpha value is -1.62. The second-order valence-electron chi connectivity index (χ2n) is 5.81. The molecule has 1 heterocycles. The van der Waals surface area contributed by atoms with E-state index in [1.807, 2.05) is 6.07 Å². The quantitative estimate of drug-likeness (QED) is 0.872. The number of hydrogen-bond acceptors (Lipinski definition) is 3. The largest absolute Gasteiger partial charge is 0.276 e. The van der Waals surface area contributed by atoms with Gasteiger partial charge in [-0.2, -0.15) is 5.10 Å². The Balaban J connectivity index is 1.84. The van der Waals surface area contributed by atoms with E-state index in [9.17, 15) is 8.42 Å². The van der Waals surface area contributed by atoms with Crippen LogP contribution >= 0.6 is 0 Å². The zero-order chi connectivity index (χ0) is 15.0. The highest BCUT2D eigenvalue weighted by molar-refractivity contribution is 7.90. The van der Waals surface area contributed by atoms with Gasteiger partial charge in [-0.25, -0.2) is 8.42 Å². The Morgan fingerprint density at radius 1 is 1.24 bits per heavy atom. The van der Waals surface area contributed by atoms with Crippen LogP contribution in [-0.2, 0) is 35.5 Å². The first-order chi connectivity index (χ1) is 9.95. The van der Waals surface area contributed by atoms with Crippen molar-refractivity contribution >= 4 is 9.84 Å². The van der Waals surface area contributed by atoms with Crippen LogP contribution in [0.4, 0.5) is 0 Å². The van der Waals surface area contributed by atoms with E-state index < -0.39 is 15.1 Å². The van der Waals surface area contributed by atoms with E-state index in [0.717, 1.165) is 18.4 Å². The third-order valence-corrected chi connectivity index (χ3v) is 6.30. The fraction of sp³-hybridized carbons (Fsp3) is 0.438. The van der Waals surface area contributed by atoms with Gasteiger partial charge in [0.2, 0.25) is 0 Å². The molecule has 1 aliphatic rings. The first-order valence-corrected chi connectivity index (χ1v) is 8.99. The Morgan fingerprint density at radius 3 is 2.71 bits per heavy atom. The van der Waals surface area contributed by atoms with E-state index in [2.05, 4.69) is 17.2 Å². The number of nitrogens with zero attached hydrogens (tertiary/aromatic N) is 2. The molecule has 1 unspecified atom stereocenters. The summed E-state index contributed by atoms with van der Waals surface area (Å²) in [5, 5.41) is 3.67. The van der Waals surface area contributed by atoms with Crippen molar-refractivity contribution in [3.8, 4) is 0 Å². The van der Waals surface area contributed by atoms with Crippen molar-refractivity contribution in [1.82, 2.24) is 9.78 Å². The minimum atomic E-state index is -3.25. The Bertz CT molecular complexity index is 762. The molecule has 0 radical (unpaired) electrons. The third-order valence-electron chi connectivity index (χ3n) is 4.25. The number of hydrogen-bond donors (Lipinski definition) is 0. The van der Waals surface area contributed by atoms with E-state index in [4.69, 9.17) is 0 Å². The summed E-state index contributed by atoms with van der Waals surface area (Å²) in [5.41, 5.74) is 4.18. The van der Waals surface area contributed by atoms with Crippen LogP contribution in [0, 0.1) is 0 Å². The van der Waals surface area contributed by atoms with E-state index in [0.29, 0.717) is 5.69 Å². The van der Waals surface area contributed by atoms with Gasteiger partial charge in [-0.1, -0.05) is 18.2 Å². The molecule has 1 atom stereocenters. The lowest BCUT2D eigenvalue weighted by molar-refractivity contribution is 0.584. The van der Waals surface area contributed by atoms with Gasteiger partial charge in [-0.3, -0.25) is 4.68 Å². The van der Waals surface area contributed by atoms with Crippen molar-refractivity contribution in [3.05, 3.63) is 52.8 Å². The summed E-state index contributed by atoms with van der Waals surface area (Å²) < 4.78 is 26.8. The molecule has 2 aromatic rings. The van der Waals surface area contributed by atoms with Crippen molar-refractivity contribution in [2.75, 3.05) is 0 Å². The number of sulfone groups is 1. The molecule has 21 heavy (non-hydrogen) atoms. The maximum absolute atomic E-state index is 12.6. The molecule has 112 valence electrons. The predicted octanol–water partition coefficient (Wildman–Crippen LogP) is 2.58. The molecule has 5 heteroatoms. The van der Waals surface area contributed by atoms with Gasteiger partial charge in [0.15, 0.2) is 9.84 Å². The first-order valence-electron chi connectivity index (χ1n) is 7.27. The number of aromatic nitrogens is 2. The third kappa shape index (κ3) is 2.88. The molecule has 1 aromatic carbocycles. The van der Waals surface area contributed by atoms with Crippen LogP contribution in [-0.4, -0.2) is 18.2 Å². The van der Waals surface area contributed by atoms with Crippen LogP contribution in [0.25, 0.3) is 0 Å². The first kappa shape index (κ1) is 14.3. The van der Waals surface area contributed by atoms with Crippen LogP contribution in [0.2, 0.25) is 0 Å². The minimum Gasteiger partial charge on any atom is -0.276 e. The summed E-state index contributed by atoms with van der Waals surface area (Å²) in [6.07, 6.45) is 5.12. The number of rotatable bonds is 4. The van der Waals surface area contributed by atoms with E-state index in [-0.39, 0.29) is 5.75 Å². The van der Waals surface area contributed by atoms with Gasteiger partial charge >= 0.3 is 0 Å². The molecule has 4 nitrogen and oxygen atoms in total. The predicted molar refractivity (Wildman–Crippen MR) is 82.7 cm³/mol. The van der Waals surface area contributed by atoms with Gasteiger partial charge in [-0.15, -0.1) is 0 Å². The van der Waals surface area contributed by atoms with Gasteiger partial charge in [0.25, 0.3) is 0 Å². The molecule has 3 rings (SSSR count). The summed E-state index contributed by atoms with van der Waals surface area (Å²) in [4.78, 5) is 0. The standard InChI is InChI=1S/C16H20N2O2S/c1-12(14-7-6-13-4-3-5-15(13)10-14)21(19,20)11-16-8-9-18(2)17-16/h6-10,12H,3-5,11H2,1-2H3. The molecule has 0 saturated carbocycles. The molecule has 0 fully saturated rings. The Kier molecular flexibility index (Phi) is 3.61. The SMILES string of the molecule is CC(c1ccc2c(c1)CCC2)S(=O)(=O)Cc1ccn(C)n1. The molecule has 1 aliphatic carbocycles. The number of benzene rings is 1. The van der Waals surface area contributed by atoms with Crippen LogP contribution in [0.5, 0.6) is 0 Å². The van der Waals surface area contributed by atoms with Gasteiger partial charge < -0.3 is 0 Å². The average Bonchev–Trinajstić information content (AvgIpc) is 3.05. The smallest absolute Gasteiger partial charge is 0.162 e. The second-order valence-corrected chi connectivity index (χ2v) is 8.13. The van der Waals surface area contributed by atoms with E-state index >= 15 is 0 Å². The molecule has 0 bridgehead atoms. The van der Waals surface area contributed by atoms with Gasteiger partial charge in [-0.05, 0) is 48.9 Å². The van der Waals surface area contributed by atoms with Crippen molar-refractivity contribution in [1.29, 1.82) is 0 Å². The Morgan fingerprint density at radius 2 is 2.00 bits per heavy atom. The molecule has 0 amide bonds. The highest BCUT2D eigenvalue weighted by Gasteiger charge is 2.25. The average molecular weight is 304 g/mol. The summed E-state index contributed by atoms with van der Waals surface area (Å²) in [5.74, 6) is -0.00785. The van der Waals surface area contributed by atoms with Crippen LogP contribution in [0.1, 0.15) is 41.0 Å². The maximum Gasteiger partial charge on any atom is 0.162 e. The normalized spacial score (nSPS) is 15.9. The summed E-state index contributed by atoms with van der Waals surface area (Å²) in [6.45, 7) is 1.77. The molecular formula is C16H20N2O2S. The number of fused-ring (bicyclic) bond motifs is 1. The lowest BCUT2D eigenvalue weighted by atomic mass is 10.0. The maximum atomic E-state index is 12.6. The molecule has 0 aliphatic heterocycles. The van der Waals surface area contributed by atoms with Gasteiger partial charge in [0.1, 0.15) is 0 Å². The van der Waals surface area contributed by atoms with E-state index in [1.165, 1.54) is 17.5 Å². The lowest BCUT2D eigenvalue weighted by Gasteiger charge is -2.14. The topological polar surface area (TPSA) is 52.0 Å². The fourth-order valence-corrected chi connectivity index (χ4v) is 4.30. The van der Waals surface area contributed by atoms with Crippen LogP contribution in [0.15, 0.2) is 30.5 Å². The van der Waals surface area contributed by atoms with Crippen molar-refractivity contribution in [2.45, 2.75) is 37.2 Å². The lowest BCUT2D eigenvalue weighted by Crippen LogP contribution is -2.13. The molecular weight excluding hydrogens is 284 g/mol. The zero-order valence-electron chi connectivity index (χ0n) is 12.4. The van der Waals surface area contributed by atoms with E-state index in [1.54, 1.807) is 30.9 Å². The van der Waals surface area contributed by atoms with Crippen molar-refractivity contribution in [2.24, 2.45) is 7.05 Å². The van der Waals surface area contributed by atoms with Gasteiger partial charge in [0.05, 0.1) is 16.7 Å². The van der Waals surface area contributed by atoms with Crippen LogP contribution < -0.4 is 0 Å². The molecule has 0 N–H and O–H groups in total. The summed E-state index contributed by atoms with van der Waals surface area (Å²) in [6, 6.07) is 7.88. The van der Waals surface area contributed by atoms with Gasteiger partial charge in [0, 0.05) is 13.2 Å². The summed E-state index contributed by atoms with van der Waals surface area (Å²) in [7, 11) is -1.45. The van der Waals surface area contributed by atoms with Crippen molar-refractivity contribution in [3.63, 3.8) is 0 Å². The molecule has 0 saturated heterocycles.